The largest absolute Gasteiger partial charge is 0.465 e. The number of carbonyl (C=O) groups excluding carboxylic acids is 1. The van der Waals surface area contributed by atoms with E-state index in [9.17, 15) is 22.8 Å². The maximum absolute atomic E-state index is 12.7. The summed E-state index contributed by atoms with van der Waals surface area (Å²) in [5.74, 6) is -0.519. The summed E-state index contributed by atoms with van der Waals surface area (Å²) >= 11 is 0. The Kier molecular flexibility index (Phi) is 4.08. The molecule has 0 amide bonds. The summed E-state index contributed by atoms with van der Waals surface area (Å²) in [5, 5.41) is 0.586. The summed E-state index contributed by atoms with van der Waals surface area (Å²) in [4.78, 5) is 23.9. The number of pyridine rings is 1. The molecule has 25 heavy (non-hydrogen) atoms. The minimum absolute atomic E-state index is 0.300. The van der Waals surface area contributed by atoms with E-state index < -0.39 is 23.3 Å². The lowest BCUT2D eigenvalue weighted by Crippen LogP contribution is -2.18. The molecule has 0 atom stereocenters. The van der Waals surface area contributed by atoms with Gasteiger partial charge in [0.1, 0.15) is 0 Å². The van der Waals surface area contributed by atoms with Crippen molar-refractivity contribution in [3.63, 3.8) is 0 Å². The number of benzene rings is 2. The highest BCUT2D eigenvalue weighted by Crippen LogP contribution is 2.30. The Morgan fingerprint density at radius 2 is 1.68 bits per heavy atom. The van der Waals surface area contributed by atoms with Gasteiger partial charge in [-0.25, -0.2) is 4.79 Å². The number of methoxy groups -OCH3 is 1. The number of rotatable bonds is 2. The lowest BCUT2D eigenvalue weighted by molar-refractivity contribution is -0.137. The van der Waals surface area contributed by atoms with Gasteiger partial charge in [-0.2, -0.15) is 13.2 Å². The molecule has 0 bridgehead atoms. The van der Waals surface area contributed by atoms with Gasteiger partial charge in [0.15, 0.2) is 0 Å². The molecule has 0 aliphatic heterocycles. The van der Waals surface area contributed by atoms with Crippen molar-refractivity contribution in [1.29, 1.82) is 0 Å². The van der Waals surface area contributed by atoms with E-state index in [1.165, 1.54) is 35.9 Å². The van der Waals surface area contributed by atoms with Gasteiger partial charge in [0.05, 0.1) is 23.8 Å². The van der Waals surface area contributed by atoms with Gasteiger partial charge in [-0.05, 0) is 53.9 Å². The van der Waals surface area contributed by atoms with Crippen molar-refractivity contribution in [3.05, 3.63) is 76.1 Å². The molecule has 0 saturated carbocycles. The van der Waals surface area contributed by atoms with Crippen molar-refractivity contribution in [2.24, 2.45) is 0 Å². The maximum atomic E-state index is 12.7. The topological polar surface area (TPSA) is 48.3 Å². The van der Waals surface area contributed by atoms with E-state index in [1.54, 1.807) is 18.2 Å². The zero-order valence-electron chi connectivity index (χ0n) is 13.0. The van der Waals surface area contributed by atoms with Gasteiger partial charge in [0.2, 0.25) is 0 Å². The first-order chi connectivity index (χ1) is 11.8. The molecule has 2 aromatic carbocycles. The fraction of sp³-hybridized carbons (Fsp3) is 0.111. The Morgan fingerprint density at radius 3 is 2.28 bits per heavy atom. The third-order valence-corrected chi connectivity index (χ3v) is 3.77. The highest BCUT2D eigenvalue weighted by atomic mass is 19.4. The summed E-state index contributed by atoms with van der Waals surface area (Å²) < 4.78 is 44.0. The molecule has 0 N–H and O–H groups in total. The zero-order chi connectivity index (χ0) is 18.2. The molecule has 4 nitrogen and oxygen atoms in total. The second-order valence-corrected chi connectivity index (χ2v) is 5.32. The molecule has 0 aliphatic rings. The summed E-state index contributed by atoms with van der Waals surface area (Å²) in [6.45, 7) is 0. The standard InChI is InChI=1S/C18H12F3NO3/c1-25-17(24)12-2-8-15-11(10-12)3-9-16(23)22(15)14-6-4-13(5-7-14)18(19,20)21/h2-10H,1H3. The Labute approximate surface area is 140 Å². The molecule has 1 aromatic heterocycles. The molecule has 0 saturated heterocycles. The van der Waals surface area contributed by atoms with Crippen LogP contribution in [-0.4, -0.2) is 17.6 Å². The summed E-state index contributed by atoms with van der Waals surface area (Å²) in [7, 11) is 1.26. The van der Waals surface area contributed by atoms with Crippen LogP contribution in [0.3, 0.4) is 0 Å². The molecule has 0 aliphatic carbocycles. The molecule has 0 radical (unpaired) electrons. The van der Waals surface area contributed by atoms with Gasteiger partial charge < -0.3 is 4.74 Å². The molecule has 0 fully saturated rings. The van der Waals surface area contributed by atoms with Crippen LogP contribution in [-0.2, 0) is 10.9 Å². The average molecular weight is 347 g/mol. The van der Waals surface area contributed by atoms with Crippen molar-refractivity contribution in [3.8, 4) is 5.69 Å². The lowest BCUT2D eigenvalue weighted by Gasteiger charge is -2.12. The second-order valence-electron chi connectivity index (χ2n) is 5.32. The first-order valence-corrected chi connectivity index (χ1v) is 7.23. The summed E-state index contributed by atoms with van der Waals surface area (Å²) in [5.41, 5.74) is -0.0995. The molecule has 7 heteroatoms. The lowest BCUT2D eigenvalue weighted by atomic mass is 10.1. The van der Waals surface area contributed by atoms with E-state index >= 15 is 0 Å². The predicted molar refractivity (Wildman–Crippen MR) is 85.9 cm³/mol. The van der Waals surface area contributed by atoms with E-state index in [2.05, 4.69) is 4.74 Å². The van der Waals surface area contributed by atoms with E-state index in [0.29, 0.717) is 22.2 Å². The number of halogens is 3. The van der Waals surface area contributed by atoms with Crippen molar-refractivity contribution in [2.45, 2.75) is 6.18 Å². The normalized spacial score (nSPS) is 11.5. The molecule has 3 rings (SSSR count). The molecule has 0 unspecified atom stereocenters. The van der Waals surface area contributed by atoms with E-state index in [4.69, 9.17) is 0 Å². The van der Waals surface area contributed by atoms with Crippen LogP contribution in [0.2, 0.25) is 0 Å². The first-order valence-electron chi connectivity index (χ1n) is 7.23. The van der Waals surface area contributed by atoms with Gasteiger partial charge in [-0.3, -0.25) is 9.36 Å². The summed E-state index contributed by atoms with van der Waals surface area (Å²) in [6, 6.07) is 11.8. The van der Waals surface area contributed by atoms with E-state index in [1.807, 2.05) is 0 Å². The van der Waals surface area contributed by atoms with Gasteiger partial charge in [-0.1, -0.05) is 0 Å². The van der Waals surface area contributed by atoms with Crippen molar-refractivity contribution < 1.29 is 22.7 Å². The molecular formula is C18H12F3NO3. The molecule has 128 valence electrons. The number of alkyl halides is 3. The van der Waals surface area contributed by atoms with Gasteiger partial charge >= 0.3 is 12.1 Å². The highest BCUT2D eigenvalue weighted by molar-refractivity contribution is 5.94. The smallest absolute Gasteiger partial charge is 0.416 e. The number of hydrogen-bond donors (Lipinski definition) is 0. The number of ether oxygens (including phenoxy) is 1. The number of aromatic nitrogens is 1. The molecular weight excluding hydrogens is 335 g/mol. The predicted octanol–water partition coefficient (Wildman–Crippen LogP) is 3.80. The first kappa shape index (κ1) is 16.8. The van der Waals surface area contributed by atoms with Gasteiger partial charge in [0, 0.05) is 11.8 Å². The SMILES string of the molecule is COC(=O)c1ccc2c(ccc(=O)n2-c2ccc(C(F)(F)F)cc2)c1. The number of esters is 1. The van der Waals surface area contributed by atoms with Crippen LogP contribution in [0.25, 0.3) is 16.6 Å². The third kappa shape index (κ3) is 3.13. The Morgan fingerprint density at radius 1 is 1.00 bits per heavy atom. The molecule has 0 spiro atoms. The van der Waals surface area contributed by atoms with Crippen molar-refractivity contribution >= 4 is 16.9 Å². The van der Waals surface area contributed by atoms with E-state index in [-0.39, 0.29) is 0 Å². The minimum atomic E-state index is -4.45. The quantitative estimate of drug-likeness (QED) is 0.663. The van der Waals surface area contributed by atoms with Crippen LogP contribution >= 0.6 is 0 Å². The fourth-order valence-electron chi connectivity index (χ4n) is 2.56. The highest BCUT2D eigenvalue weighted by Gasteiger charge is 2.30. The Balaban J connectivity index is 2.17. The minimum Gasteiger partial charge on any atom is -0.465 e. The third-order valence-electron chi connectivity index (χ3n) is 3.77. The number of fused-ring (bicyclic) bond motifs is 1. The number of nitrogens with zero attached hydrogens (tertiary/aromatic N) is 1. The van der Waals surface area contributed by atoms with E-state index in [0.717, 1.165) is 12.1 Å². The van der Waals surface area contributed by atoms with Crippen LogP contribution in [0.5, 0.6) is 0 Å². The Bertz CT molecular complexity index is 1000. The zero-order valence-corrected chi connectivity index (χ0v) is 13.0. The monoisotopic (exact) mass is 347 g/mol. The van der Waals surface area contributed by atoms with Crippen LogP contribution < -0.4 is 5.56 Å². The van der Waals surface area contributed by atoms with Crippen molar-refractivity contribution in [1.82, 2.24) is 4.57 Å². The molecule has 3 aromatic rings. The van der Waals surface area contributed by atoms with Gasteiger partial charge in [-0.15, -0.1) is 0 Å². The van der Waals surface area contributed by atoms with Crippen molar-refractivity contribution in [2.75, 3.05) is 7.11 Å². The second kappa shape index (κ2) is 6.08. The van der Waals surface area contributed by atoms with Crippen LogP contribution in [0.1, 0.15) is 15.9 Å². The maximum Gasteiger partial charge on any atom is 0.416 e. The average Bonchev–Trinajstić information content (AvgIpc) is 2.60. The number of carbonyl (C=O) groups is 1. The fourth-order valence-corrected chi connectivity index (χ4v) is 2.56. The van der Waals surface area contributed by atoms with Crippen LogP contribution in [0.15, 0.2) is 59.4 Å². The van der Waals surface area contributed by atoms with Gasteiger partial charge in [0.25, 0.3) is 5.56 Å². The Hall–Kier alpha value is -3.09. The molecule has 1 heterocycles. The van der Waals surface area contributed by atoms with Crippen LogP contribution in [0, 0.1) is 0 Å². The number of hydrogen-bond acceptors (Lipinski definition) is 3. The summed E-state index contributed by atoms with van der Waals surface area (Å²) in [6.07, 6.45) is -4.45. The van der Waals surface area contributed by atoms with Crippen LogP contribution in [0.4, 0.5) is 13.2 Å².